The van der Waals surface area contributed by atoms with E-state index in [-0.39, 0.29) is 18.5 Å². The van der Waals surface area contributed by atoms with Gasteiger partial charge in [-0.05, 0) is 24.6 Å². The number of ether oxygens (including phenoxy) is 2. The number of methoxy groups -OCH3 is 2. The van der Waals surface area contributed by atoms with Gasteiger partial charge < -0.3 is 20.1 Å². The second kappa shape index (κ2) is 8.50. The molecule has 5 nitrogen and oxygen atoms in total. The Labute approximate surface area is 114 Å². The molecule has 19 heavy (non-hydrogen) atoms. The molecule has 0 aliphatic carbocycles. The molecule has 2 N–H and O–H groups in total. The Balaban J connectivity index is 2.33. The molecule has 0 radical (unpaired) electrons. The maximum Gasteiger partial charge on any atom is 0.234 e. The molecule has 1 aromatic carbocycles. The van der Waals surface area contributed by atoms with Crippen molar-refractivity contribution in [1.82, 2.24) is 10.6 Å². The van der Waals surface area contributed by atoms with Crippen LogP contribution in [0.1, 0.15) is 18.5 Å². The van der Waals surface area contributed by atoms with Crippen LogP contribution in [0.15, 0.2) is 24.3 Å². The smallest absolute Gasteiger partial charge is 0.234 e. The Morgan fingerprint density at radius 1 is 1.26 bits per heavy atom. The number of benzene rings is 1. The molecule has 0 aliphatic heterocycles. The van der Waals surface area contributed by atoms with Crippen LogP contribution < -0.4 is 15.4 Å². The van der Waals surface area contributed by atoms with Crippen molar-refractivity contribution < 1.29 is 14.3 Å². The van der Waals surface area contributed by atoms with Crippen LogP contribution in [0.25, 0.3) is 0 Å². The van der Waals surface area contributed by atoms with Crippen LogP contribution in [0.5, 0.6) is 5.75 Å². The maximum atomic E-state index is 11.5. The van der Waals surface area contributed by atoms with Crippen molar-refractivity contribution in [3.05, 3.63) is 29.8 Å². The minimum atomic E-state index is -0.0302. The number of nitrogens with one attached hydrogen (secondary N) is 2. The van der Waals surface area contributed by atoms with Gasteiger partial charge in [0.05, 0.1) is 20.3 Å². The summed E-state index contributed by atoms with van der Waals surface area (Å²) in [6, 6.07) is 7.90. The third-order valence-corrected chi connectivity index (χ3v) is 2.81. The summed E-state index contributed by atoms with van der Waals surface area (Å²) in [5.41, 5.74) is 1.12. The van der Waals surface area contributed by atoms with Gasteiger partial charge in [0.25, 0.3) is 0 Å². The lowest BCUT2D eigenvalue weighted by molar-refractivity contribution is -0.120. The summed E-state index contributed by atoms with van der Waals surface area (Å²) in [6.45, 7) is 3.37. The van der Waals surface area contributed by atoms with Crippen molar-refractivity contribution in [3.63, 3.8) is 0 Å². The highest BCUT2D eigenvalue weighted by atomic mass is 16.5. The normalized spacial score (nSPS) is 11.9. The fourth-order valence-electron chi connectivity index (χ4n) is 1.61. The molecule has 0 saturated carbocycles. The van der Waals surface area contributed by atoms with Gasteiger partial charge in [-0.3, -0.25) is 4.79 Å². The van der Waals surface area contributed by atoms with E-state index in [0.717, 1.165) is 11.3 Å². The van der Waals surface area contributed by atoms with Gasteiger partial charge in [0.15, 0.2) is 0 Å². The summed E-state index contributed by atoms with van der Waals surface area (Å²) in [5, 5.41) is 5.93. The zero-order chi connectivity index (χ0) is 14.1. The molecule has 0 unspecified atom stereocenters. The van der Waals surface area contributed by atoms with Crippen LogP contribution >= 0.6 is 0 Å². The van der Waals surface area contributed by atoms with E-state index < -0.39 is 0 Å². The average molecular weight is 266 g/mol. The highest BCUT2D eigenvalue weighted by Crippen LogP contribution is 2.16. The van der Waals surface area contributed by atoms with Crippen molar-refractivity contribution in [3.8, 4) is 5.75 Å². The molecule has 0 fully saturated rings. The molecule has 0 bridgehead atoms. The third-order valence-electron chi connectivity index (χ3n) is 2.81. The van der Waals surface area contributed by atoms with Crippen molar-refractivity contribution in [2.75, 3.05) is 33.9 Å². The number of carbonyl (C=O) groups excluding carboxylic acids is 1. The minimum Gasteiger partial charge on any atom is -0.497 e. The van der Waals surface area contributed by atoms with Gasteiger partial charge >= 0.3 is 0 Å². The summed E-state index contributed by atoms with van der Waals surface area (Å²) in [6.07, 6.45) is 0. The molecule has 1 amide bonds. The quantitative estimate of drug-likeness (QED) is 0.692. The summed E-state index contributed by atoms with van der Waals surface area (Å²) in [4.78, 5) is 11.5. The third kappa shape index (κ3) is 5.72. The Kier molecular flexibility index (Phi) is 6.92. The second-order valence-corrected chi connectivity index (χ2v) is 4.22. The minimum absolute atomic E-state index is 0.0302. The van der Waals surface area contributed by atoms with E-state index in [2.05, 4.69) is 10.6 Å². The molecule has 0 aromatic heterocycles. The number of amides is 1. The molecule has 0 aliphatic rings. The summed E-state index contributed by atoms with van der Waals surface area (Å²) >= 11 is 0. The number of hydrogen-bond donors (Lipinski definition) is 2. The van der Waals surface area contributed by atoms with Gasteiger partial charge in [0.2, 0.25) is 5.91 Å². The van der Waals surface area contributed by atoms with E-state index in [1.807, 2.05) is 31.2 Å². The van der Waals surface area contributed by atoms with Gasteiger partial charge in [0.1, 0.15) is 5.75 Å². The van der Waals surface area contributed by atoms with Gasteiger partial charge in [-0.15, -0.1) is 0 Å². The standard InChI is InChI=1S/C14H22N2O3/c1-11(12-4-6-13(19-3)7-5-12)16-10-14(17)15-8-9-18-2/h4-7,11,16H,8-10H2,1-3H3,(H,15,17)/t11-/m1/s1. The fraction of sp³-hybridized carbons (Fsp3) is 0.500. The Morgan fingerprint density at radius 2 is 1.95 bits per heavy atom. The first-order valence-corrected chi connectivity index (χ1v) is 6.30. The molecule has 0 saturated heterocycles. The molecular weight excluding hydrogens is 244 g/mol. The van der Waals surface area contributed by atoms with Crippen LogP contribution in [0.4, 0.5) is 0 Å². The topological polar surface area (TPSA) is 59.6 Å². The summed E-state index contributed by atoms with van der Waals surface area (Å²) in [7, 11) is 3.25. The second-order valence-electron chi connectivity index (χ2n) is 4.22. The molecule has 0 heterocycles. The molecular formula is C14H22N2O3. The lowest BCUT2D eigenvalue weighted by Crippen LogP contribution is -2.36. The SMILES string of the molecule is COCCNC(=O)CN[C@H](C)c1ccc(OC)cc1. The van der Waals surface area contributed by atoms with Crippen LogP contribution in [0.3, 0.4) is 0 Å². The molecule has 106 valence electrons. The van der Waals surface area contributed by atoms with E-state index in [4.69, 9.17) is 9.47 Å². The molecule has 1 atom stereocenters. The summed E-state index contributed by atoms with van der Waals surface area (Å²) < 4.78 is 9.97. The van der Waals surface area contributed by atoms with E-state index >= 15 is 0 Å². The van der Waals surface area contributed by atoms with Crippen molar-refractivity contribution in [2.45, 2.75) is 13.0 Å². The number of rotatable bonds is 8. The fourth-order valence-corrected chi connectivity index (χ4v) is 1.61. The molecule has 5 heteroatoms. The van der Waals surface area contributed by atoms with Gasteiger partial charge in [-0.1, -0.05) is 12.1 Å². The first-order valence-electron chi connectivity index (χ1n) is 6.30. The van der Waals surface area contributed by atoms with E-state index in [0.29, 0.717) is 13.2 Å². The first kappa shape index (κ1) is 15.5. The van der Waals surface area contributed by atoms with E-state index in [1.54, 1.807) is 14.2 Å². The highest BCUT2D eigenvalue weighted by molar-refractivity contribution is 5.78. The highest BCUT2D eigenvalue weighted by Gasteiger charge is 2.07. The Hall–Kier alpha value is -1.59. The lowest BCUT2D eigenvalue weighted by Gasteiger charge is -2.14. The Bertz CT molecular complexity index is 379. The monoisotopic (exact) mass is 266 g/mol. The molecule has 0 spiro atoms. The zero-order valence-electron chi connectivity index (χ0n) is 11.7. The van der Waals surface area contributed by atoms with E-state index in [9.17, 15) is 4.79 Å². The summed E-state index contributed by atoms with van der Waals surface area (Å²) in [5.74, 6) is 0.797. The van der Waals surface area contributed by atoms with Crippen LogP contribution in [-0.2, 0) is 9.53 Å². The largest absolute Gasteiger partial charge is 0.497 e. The van der Waals surface area contributed by atoms with Gasteiger partial charge in [-0.25, -0.2) is 0 Å². The maximum absolute atomic E-state index is 11.5. The average Bonchev–Trinajstić information content (AvgIpc) is 2.45. The first-order chi connectivity index (χ1) is 9.17. The van der Waals surface area contributed by atoms with E-state index in [1.165, 1.54) is 0 Å². The molecule has 1 rings (SSSR count). The molecule has 1 aromatic rings. The van der Waals surface area contributed by atoms with Crippen LogP contribution in [0.2, 0.25) is 0 Å². The zero-order valence-corrected chi connectivity index (χ0v) is 11.7. The van der Waals surface area contributed by atoms with Crippen LogP contribution in [0, 0.1) is 0 Å². The number of hydrogen-bond acceptors (Lipinski definition) is 4. The van der Waals surface area contributed by atoms with Crippen molar-refractivity contribution >= 4 is 5.91 Å². The van der Waals surface area contributed by atoms with Crippen LogP contribution in [-0.4, -0.2) is 39.8 Å². The van der Waals surface area contributed by atoms with Crippen molar-refractivity contribution in [2.24, 2.45) is 0 Å². The lowest BCUT2D eigenvalue weighted by atomic mass is 10.1. The van der Waals surface area contributed by atoms with Gasteiger partial charge in [-0.2, -0.15) is 0 Å². The predicted molar refractivity (Wildman–Crippen MR) is 74.3 cm³/mol. The Morgan fingerprint density at radius 3 is 2.53 bits per heavy atom. The van der Waals surface area contributed by atoms with Gasteiger partial charge in [0, 0.05) is 19.7 Å². The predicted octanol–water partition coefficient (Wildman–Crippen LogP) is 1.11. The van der Waals surface area contributed by atoms with Crippen molar-refractivity contribution in [1.29, 1.82) is 0 Å². The number of carbonyl (C=O) groups is 1.